The van der Waals surface area contributed by atoms with E-state index in [1.54, 1.807) is 13.8 Å². The van der Waals surface area contributed by atoms with Gasteiger partial charge >= 0.3 is 11.9 Å². The first-order valence-corrected chi connectivity index (χ1v) is 6.46. The molecule has 106 valence electrons. The predicted molar refractivity (Wildman–Crippen MR) is 70.3 cm³/mol. The van der Waals surface area contributed by atoms with Gasteiger partial charge in [0.1, 0.15) is 0 Å². The fourth-order valence-corrected chi connectivity index (χ4v) is 2.97. The van der Waals surface area contributed by atoms with E-state index in [0.29, 0.717) is 12.3 Å². The molecule has 0 aromatic rings. The Kier molecular flexibility index (Phi) is 5.84. The van der Waals surface area contributed by atoms with E-state index in [1.807, 2.05) is 27.7 Å². The van der Waals surface area contributed by atoms with Crippen molar-refractivity contribution in [2.75, 3.05) is 0 Å². The Morgan fingerprint density at radius 3 is 1.67 bits per heavy atom. The second-order valence-corrected chi connectivity index (χ2v) is 6.51. The lowest BCUT2D eigenvalue weighted by molar-refractivity contribution is -0.161. The quantitative estimate of drug-likeness (QED) is 0.735. The fourth-order valence-electron chi connectivity index (χ4n) is 2.97. The van der Waals surface area contributed by atoms with Crippen molar-refractivity contribution < 1.29 is 19.8 Å². The summed E-state index contributed by atoms with van der Waals surface area (Å²) in [5, 5.41) is 18.7. The Labute approximate surface area is 109 Å². The maximum Gasteiger partial charge on any atom is 0.307 e. The van der Waals surface area contributed by atoms with E-state index in [0.717, 1.165) is 0 Å². The van der Waals surface area contributed by atoms with Crippen LogP contribution in [0.3, 0.4) is 0 Å². The van der Waals surface area contributed by atoms with Gasteiger partial charge in [-0.15, -0.1) is 0 Å². The minimum absolute atomic E-state index is 0.199. The largest absolute Gasteiger partial charge is 0.481 e. The van der Waals surface area contributed by atoms with Crippen molar-refractivity contribution in [3.05, 3.63) is 0 Å². The van der Waals surface area contributed by atoms with Crippen LogP contribution in [0.5, 0.6) is 0 Å². The van der Waals surface area contributed by atoms with Crippen LogP contribution in [0, 0.1) is 29.1 Å². The summed E-state index contributed by atoms with van der Waals surface area (Å²) >= 11 is 0. The second-order valence-electron chi connectivity index (χ2n) is 6.51. The third-order valence-corrected chi connectivity index (χ3v) is 3.40. The summed E-state index contributed by atoms with van der Waals surface area (Å²) in [5.74, 6) is -3.61. The van der Waals surface area contributed by atoms with E-state index in [-0.39, 0.29) is 5.92 Å². The van der Waals surface area contributed by atoms with Crippen LogP contribution < -0.4 is 0 Å². The number of aliphatic carboxylic acids is 2. The number of hydrogen-bond donors (Lipinski definition) is 2. The van der Waals surface area contributed by atoms with Crippen LogP contribution in [0.2, 0.25) is 0 Å². The molecular weight excluding hydrogens is 232 g/mol. The van der Waals surface area contributed by atoms with E-state index in [1.165, 1.54) is 0 Å². The summed E-state index contributed by atoms with van der Waals surface area (Å²) in [6.07, 6.45) is 0.695. The molecule has 0 fully saturated rings. The lowest BCUT2D eigenvalue weighted by Crippen LogP contribution is -2.43. The molecule has 18 heavy (non-hydrogen) atoms. The van der Waals surface area contributed by atoms with Gasteiger partial charge in [0.25, 0.3) is 0 Å². The van der Waals surface area contributed by atoms with Crippen molar-refractivity contribution in [1.29, 1.82) is 0 Å². The van der Waals surface area contributed by atoms with Gasteiger partial charge in [0, 0.05) is 0 Å². The van der Waals surface area contributed by atoms with E-state index in [9.17, 15) is 19.8 Å². The van der Waals surface area contributed by atoms with Gasteiger partial charge in [0.05, 0.1) is 11.8 Å². The maximum absolute atomic E-state index is 11.5. The molecule has 0 aliphatic carbocycles. The molecule has 2 N–H and O–H groups in total. The van der Waals surface area contributed by atoms with Gasteiger partial charge in [-0.3, -0.25) is 9.59 Å². The van der Waals surface area contributed by atoms with Gasteiger partial charge in [-0.05, 0) is 23.7 Å². The maximum atomic E-state index is 11.5. The van der Waals surface area contributed by atoms with Crippen LogP contribution in [0.1, 0.15) is 48.0 Å². The van der Waals surface area contributed by atoms with E-state index in [2.05, 4.69) is 0 Å². The van der Waals surface area contributed by atoms with Crippen molar-refractivity contribution in [1.82, 2.24) is 0 Å². The number of carboxylic acid groups (broad SMARTS) is 2. The summed E-state index contributed by atoms with van der Waals surface area (Å²) in [6, 6.07) is 0. The molecule has 0 heterocycles. The first-order valence-electron chi connectivity index (χ1n) is 6.46. The Hall–Kier alpha value is -1.06. The minimum atomic E-state index is -1.02. The number of rotatable bonds is 7. The fraction of sp³-hybridized carbons (Fsp3) is 0.857. The summed E-state index contributed by atoms with van der Waals surface area (Å²) in [5.41, 5.74) is -0.534. The van der Waals surface area contributed by atoms with Gasteiger partial charge in [-0.25, -0.2) is 0 Å². The van der Waals surface area contributed by atoms with Crippen molar-refractivity contribution in [3.8, 4) is 0 Å². The second kappa shape index (κ2) is 6.21. The number of hydrogen-bond acceptors (Lipinski definition) is 2. The average molecular weight is 258 g/mol. The molecule has 4 nitrogen and oxygen atoms in total. The topological polar surface area (TPSA) is 74.6 Å². The molecule has 0 aliphatic rings. The SMILES string of the molecule is CC(C)CC(C)(C)C(C(=O)O)C(C(=O)O)C(C)C. The lowest BCUT2D eigenvalue weighted by Gasteiger charge is -2.37. The normalized spacial score (nSPS) is 15.8. The molecule has 0 bridgehead atoms. The smallest absolute Gasteiger partial charge is 0.307 e. The Morgan fingerprint density at radius 2 is 1.44 bits per heavy atom. The van der Waals surface area contributed by atoms with Crippen LogP contribution in [0.15, 0.2) is 0 Å². The van der Waals surface area contributed by atoms with Crippen LogP contribution >= 0.6 is 0 Å². The highest BCUT2D eigenvalue weighted by atomic mass is 16.4. The third-order valence-electron chi connectivity index (χ3n) is 3.40. The Bertz CT molecular complexity index is 305. The molecular formula is C14H26O4. The Balaban J connectivity index is 5.41. The number of carbonyl (C=O) groups is 2. The predicted octanol–water partition coefficient (Wildman–Crippen LogP) is 3.12. The first kappa shape index (κ1) is 16.9. The van der Waals surface area contributed by atoms with Crippen LogP contribution in [-0.2, 0) is 9.59 Å². The van der Waals surface area contributed by atoms with Crippen molar-refractivity contribution in [2.24, 2.45) is 29.1 Å². The highest BCUT2D eigenvalue weighted by Gasteiger charge is 2.45. The zero-order valence-corrected chi connectivity index (χ0v) is 12.2. The van der Waals surface area contributed by atoms with Crippen molar-refractivity contribution >= 4 is 11.9 Å². The molecule has 0 saturated heterocycles. The molecule has 0 saturated carbocycles. The summed E-state index contributed by atoms with van der Waals surface area (Å²) in [6.45, 7) is 11.3. The molecule has 2 unspecified atom stereocenters. The van der Waals surface area contributed by atoms with Crippen LogP contribution in [0.25, 0.3) is 0 Å². The molecule has 0 aromatic heterocycles. The van der Waals surface area contributed by atoms with E-state index >= 15 is 0 Å². The highest BCUT2D eigenvalue weighted by molar-refractivity contribution is 5.80. The molecule has 0 radical (unpaired) electrons. The molecule has 0 spiro atoms. The molecule has 2 atom stereocenters. The van der Waals surface area contributed by atoms with Gasteiger partial charge < -0.3 is 10.2 Å². The molecule has 0 amide bonds. The standard InChI is InChI=1S/C14H26O4/c1-8(2)7-14(5,6)11(13(17)18)10(9(3)4)12(15)16/h8-11H,7H2,1-6H3,(H,15,16)(H,17,18). The molecule has 0 rings (SSSR count). The van der Waals surface area contributed by atoms with Crippen molar-refractivity contribution in [2.45, 2.75) is 48.0 Å². The highest BCUT2D eigenvalue weighted by Crippen LogP contribution is 2.41. The monoisotopic (exact) mass is 258 g/mol. The van der Waals surface area contributed by atoms with Crippen LogP contribution in [-0.4, -0.2) is 22.2 Å². The lowest BCUT2D eigenvalue weighted by atomic mass is 9.65. The first-order chi connectivity index (χ1) is 8.00. The van der Waals surface area contributed by atoms with Gasteiger partial charge in [0.15, 0.2) is 0 Å². The summed E-state index contributed by atoms with van der Waals surface area (Å²) in [7, 11) is 0. The average Bonchev–Trinajstić information content (AvgIpc) is 2.08. The Morgan fingerprint density at radius 1 is 1.00 bits per heavy atom. The zero-order chi connectivity index (χ0) is 14.7. The third kappa shape index (κ3) is 4.31. The van der Waals surface area contributed by atoms with Gasteiger partial charge in [-0.2, -0.15) is 0 Å². The summed E-state index contributed by atoms with van der Waals surface area (Å²) < 4.78 is 0. The summed E-state index contributed by atoms with van der Waals surface area (Å²) in [4.78, 5) is 22.9. The van der Waals surface area contributed by atoms with Gasteiger partial charge in [0.2, 0.25) is 0 Å². The van der Waals surface area contributed by atoms with Crippen LogP contribution in [0.4, 0.5) is 0 Å². The van der Waals surface area contributed by atoms with E-state index in [4.69, 9.17) is 0 Å². The molecule has 0 aliphatic heterocycles. The van der Waals surface area contributed by atoms with Gasteiger partial charge in [-0.1, -0.05) is 41.5 Å². The molecule has 4 heteroatoms. The van der Waals surface area contributed by atoms with E-state index < -0.39 is 29.2 Å². The van der Waals surface area contributed by atoms with Crippen molar-refractivity contribution in [3.63, 3.8) is 0 Å². The minimum Gasteiger partial charge on any atom is -0.481 e. The number of carboxylic acids is 2. The molecule has 0 aromatic carbocycles. The zero-order valence-electron chi connectivity index (χ0n) is 12.2.